The van der Waals surface area contributed by atoms with Crippen molar-refractivity contribution in [1.29, 1.82) is 0 Å². The quantitative estimate of drug-likeness (QED) is 0.162. The molecular formula is C43H42Br2F2N8O4. The first-order valence-corrected chi connectivity index (χ1v) is 20.3. The zero-order valence-corrected chi connectivity index (χ0v) is 37.3. The van der Waals surface area contributed by atoms with Gasteiger partial charge in [-0.1, -0.05) is 6.92 Å². The maximum absolute atomic E-state index is 13.9. The lowest BCUT2D eigenvalue weighted by Crippen LogP contribution is -2.48. The Balaban J connectivity index is 0.000000179. The van der Waals surface area contributed by atoms with Crippen LogP contribution in [0.25, 0.3) is 27.8 Å². The monoisotopic (exact) mass is 930 g/mol. The van der Waals surface area contributed by atoms with Gasteiger partial charge >= 0.3 is 11.9 Å². The highest BCUT2D eigenvalue weighted by molar-refractivity contribution is 9.10. The number of nitrogens with zero attached hydrogens (tertiary/aromatic N) is 7. The Kier molecular flexibility index (Phi) is 10.8. The molecule has 3 unspecified atom stereocenters. The fourth-order valence-corrected chi connectivity index (χ4v) is 9.67. The minimum Gasteiger partial charge on any atom is -0.477 e. The molecule has 0 saturated heterocycles. The molecule has 306 valence electrons. The van der Waals surface area contributed by atoms with E-state index < -0.39 is 17.5 Å². The number of carboxylic acid groups (broad SMARTS) is 1. The van der Waals surface area contributed by atoms with Crippen LogP contribution in [0.5, 0.6) is 0 Å². The van der Waals surface area contributed by atoms with Gasteiger partial charge in [-0.05, 0) is 143 Å². The Morgan fingerprint density at radius 2 is 1.51 bits per heavy atom. The van der Waals surface area contributed by atoms with Crippen LogP contribution in [0.2, 0.25) is 0 Å². The number of halogens is 4. The second-order valence-corrected chi connectivity index (χ2v) is 17.0. The molecule has 0 saturated carbocycles. The SMILES string of the molecule is COC(=O)c1nn(C)c2c3ncc(Br)cc3n(C(C)c3c(C)cc(F)cc3C)c12.Cc1cc(F)cc(C)c1C(C)C1(C)N=c2c(Br)ccnc2=C2C1=C(C(=O)O)NN2C. The molecule has 0 radical (unpaired) electrons. The number of esters is 1. The van der Waals surface area contributed by atoms with Crippen molar-refractivity contribution >= 4 is 71.6 Å². The Morgan fingerprint density at radius 1 is 0.915 bits per heavy atom. The van der Waals surface area contributed by atoms with E-state index in [1.54, 1.807) is 36.2 Å². The number of methoxy groups -OCH3 is 1. The summed E-state index contributed by atoms with van der Waals surface area (Å²) in [7, 11) is 4.88. The minimum absolute atomic E-state index is 0.0791. The van der Waals surface area contributed by atoms with Gasteiger partial charge in [0.25, 0.3) is 0 Å². The maximum Gasteiger partial charge on any atom is 0.360 e. The largest absolute Gasteiger partial charge is 0.477 e. The predicted molar refractivity (Wildman–Crippen MR) is 227 cm³/mol. The molecule has 0 spiro atoms. The number of carboxylic acids is 1. The van der Waals surface area contributed by atoms with Crippen molar-refractivity contribution in [1.82, 2.24) is 34.8 Å². The first kappa shape index (κ1) is 41.7. The van der Waals surface area contributed by atoms with E-state index in [0.29, 0.717) is 27.5 Å². The van der Waals surface area contributed by atoms with E-state index in [1.807, 2.05) is 65.2 Å². The number of fused-ring (bicyclic) bond motifs is 5. The average molecular weight is 933 g/mol. The van der Waals surface area contributed by atoms with Gasteiger partial charge in [0.2, 0.25) is 0 Å². The van der Waals surface area contributed by atoms with Gasteiger partial charge in [-0.25, -0.2) is 18.4 Å². The molecule has 2 N–H and O–H groups in total. The molecule has 0 aliphatic carbocycles. The molecule has 8 rings (SSSR count). The first-order chi connectivity index (χ1) is 27.8. The summed E-state index contributed by atoms with van der Waals surface area (Å²) in [5.41, 5.74) is 11.8. The van der Waals surface area contributed by atoms with Crippen LogP contribution in [0.4, 0.5) is 8.78 Å². The molecule has 4 aromatic heterocycles. The number of pyridine rings is 2. The van der Waals surface area contributed by atoms with Gasteiger partial charge in [0.1, 0.15) is 44.6 Å². The second-order valence-electron chi connectivity index (χ2n) is 15.2. The average Bonchev–Trinajstić information content (AvgIpc) is 3.80. The van der Waals surface area contributed by atoms with E-state index in [-0.39, 0.29) is 35.0 Å². The normalized spacial score (nSPS) is 16.9. The number of ether oxygens (including phenoxy) is 1. The molecule has 16 heteroatoms. The molecule has 2 aromatic carbocycles. The smallest absolute Gasteiger partial charge is 0.360 e. The molecule has 0 fully saturated rings. The predicted octanol–water partition coefficient (Wildman–Crippen LogP) is 7.53. The number of aryl methyl sites for hydroxylation is 5. The maximum atomic E-state index is 13.9. The zero-order chi connectivity index (χ0) is 43.0. The van der Waals surface area contributed by atoms with Gasteiger partial charge < -0.3 is 14.4 Å². The van der Waals surface area contributed by atoms with E-state index >= 15 is 0 Å². The summed E-state index contributed by atoms with van der Waals surface area (Å²) in [6, 6.07) is 9.66. The highest BCUT2D eigenvalue weighted by atomic mass is 79.9. The van der Waals surface area contributed by atoms with Crippen molar-refractivity contribution < 1.29 is 28.2 Å². The van der Waals surface area contributed by atoms with Gasteiger partial charge in [-0.2, -0.15) is 5.10 Å². The van der Waals surface area contributed by atoms with Crippen LogP contribution >= 0.6 is 31.9 Å². The number of aromatic nitrogens is 5. The Labute approximate surface area is 355 Å². The number of nitrogens with one attached hydrogen (secondary N) is 1. The summed E-state index contributed by atoms with van der Waals surface area (Å²) in [4.78, 5) is 38.7. The third-order valence-corrected chi connectivity index (χ3v) is 12.5. The minimum atomic E-state index is -1.06. The van der Waals surface area contributed by atoms with Crippen LogP contribution in [-0.2, 0) is 16.6 Å². The van der Waals surface area contributed by atoms with Crippen molar-refractivity contribution in [2.24, 2.45) is 12.0 Å². The van der Waals surface area contributed by atoms with Crippen molar-refractivity contribution in [3.05, 3.63) is 130 Å². The van der Waals surface area contributed by atoms with Crippen LogP contribution in [0, 0.1) is 39.3 Å². The summed E-state index contributed by atoms with van der Waals surface area (Å²) < 4.78 is 38.1. The van der Waals surface area contributed by atoms with Gasteiger partial charge in [0.15, 0.2) is 5.69 Å². The molecule has 2 aliphatic rings. The number of likely N-dealkylation sites (N-methyl/N-ethyl adjacent to an activating group) is 1. The summed E-state index contributed by atoms with van der Waals surface area (Å²) in [6.07, 6.45) is 3.38. The number of benzene rings is 2. The zero-order valence-electron chi connectivity index (χ0n) is 34.1. The van der Waals surface area contributed by atoms with Crippen LogP contribution in [0.3, 0.4) is 0 Å². The molecule has 6 heterocycles. The number of aliphatic carboxylic acids is 1. The second kappa shape index (κ2) is 15.3. The summed E-state index contributed by atoms with van der Waals surface area (Å²) in [5.74, 6) is -2.36. The number of carbonyl (C=O) groups is 2. The molecule has 0 bridgehead atoms. The van der Waals surface area contributed by atoms with Gasteiger partial charge in [0.05, 0.1) is 29.9 Å². The highest BCUT2D eigenvalue weighted by Crippen LogP contribution is 2.46. The van der Waals surface area contributed by atoms with Crippen molar-refractivity contribution in [3.63, 3.8) is 0 Å². The lowest BCUT2D eigenvalue weighted by molar-refractivity contribution is -0.133. The number of carbonyl (C=O) groups excluding carboxylic acids is 1. The van der Waals surface area contributed by atoms with E-state index in [1.165, 1.54) is 31.4 Å². The fourth-order valence-electron chi connectivity index (χ4n) is 8.96. The lowest BCUT2D eigenvalue weighted by atomic mass is 9.72. The number of hydrogen-bond donors (Lipinski definition) is 2. The Bertz CT molecular complexity index is 2900. The van der Waals surface area contributed by atoms with Crippen LogP contribution in [0.1, 0.15) is 76.6 Å². The first-order valence-electron chi connectivity index (χ1n) is 18.7. The molecule has 6 aromatic rings. The van der Waals surface area contributed by atoms with Crippen LogP contribution in [0.15, 0.2) is 74.0 Å². The Hall–Kier alpha value is -5.48. The Morgan fingerprint density at radius 3 is 2.08 bits per heavy atom. The summed E-state index contributed by atoms with van der Waals surface area (Å²) >= 11 is 7.07. The van der Waals surface area contributed by atoms with E-state index in [4.69, 9.17) is 9.73 Å². The molecule has 2 aliphatic heterocycles. The highest BCUT2D eigenvalue weighted by Gasteiger charge is 2.48. The van der Waals surface area contributed by atoms with E-state index in [2.05, 4.69) is 52.4 Å². The van der Waals surface area contributed by atoms with Crippen LogP contribution < -0.4 is 16.1 Å². The number of hydrazine groups is 1. The summed E-state index contributed by atoms with van der Waals surface area (Å²) in [6.45, 7) is 13.5. The third kappa shape index (κ3) is 6.79. The molecular weight excluding hydrogens is 890 g/mol. The van der Waals surface area contributed by atoms with Crippen molar-refractivity contribution in [2.45, 2.75) is 66.0 Å². The van der Waals surface area contributed by atoms with Gasteiger partial charge in [0, 0.05) is 46.9 Å². The molecule has 59 heavy (non-hydrogen) atoms. The van der Waals surface area contributed by atoms with Crippen molar-refractivity contribution in [2.75, 3.05) is 14.2 Å². The van der Waals surface area contributed by atoms with Crippen molar-refractivity contribution in [3.8, 4) is 0 Å². The van der Waals surface area contributed by atoms with E-state index in [0.717, 1.165) is 58.9 Å². The summed E-state index contributed by atoms with van der Waals surface area (Å²) in [5, 5.41) is 17.3. The topological polar surface area (TPSA) is 140 Å². The molecule has 0 amide bonds. The lowest BCUT2D eigenvalue weighted by Gasteiger charge is -2.37. The van der Waals surface area contributed by atoms with E-state index in [9.17, 15) is 23.5 Å². The van der Waals surface area contributed by atoms with Crippen LogP contribution in [-0.4, -0.2) is 66.1 Å². The molecule has 3 atom stereocenters. The third-order valence-electron chi connectivity index (χ3n) is 11.4. The standard InChI is InChI=1S/C22H22BrFN4O2.C21H20BrFN4O2/c1-10-8-13(24)9-11(2)15(10)12(3)22(4)16-18(21(29)30)27-28(5)20(16)19-17(26-22)14(23)6-7-25-19;1-10-6-14(23)7-11(2)16(10)12(3)27-15-8-13(22)9-24-17(15)19-20(27)18(21(28)29-5)25-26(19)4/h6-9,12,27H,1-5H3,(H,29,30);6-9,12H,1-5H3. The molecule has 12 nitrogen and oxygen atoms in total. The van der Waals surface area contributed by atoms with Gasteiger partial charge in [-0.15, -0.1) is 0 Å². The van der Waals surface area contributed by atoms with Gasteiger partial charge in [-0.3, -0.25) is 30.1 Å². The fraction of sp³-hybridized carbons (Fsp3) is 0.302. The number of hydrogen-bond acceptors (Lipinski definition) is 9. The number of rotatable bonds is 6.